The Morgan fingerprint density at radius 2 is 1.71 bits per heavy atom. The van der Waals surface area contributed by atoms with Crippen molar-refractivity contribution in [2.24, 2.45) is 0 Å². The molecule has 0 unspecified atom stereocenters. The molecule has 0 fully saturated rings. The predicted molar refractivity (Wildman–Crippen MR) is 147 cm³/mol. The number of anilines is 1. The van der Waals surface area contributed by atoms with Crippen LogP contribution in [-0.4, -0.2) is 44.3 Å². The van der Waals surface area contributed by atoms with Crippen molar-refractivity contribution in [2.75, 3.05) is 17.4 Å². The number of nitrogens with one attached hydrogen (secondary N) is 1. The number of nitrogens with zero attached hydrogens (tertiary/aromatic N) is 2. The smallest absolute Gasteiger partial charge is 0.265 e. The molecule has 3 aromatic carbocycles. The number of rotatable bonds is 12. The second kappa shape index (κ2) is 11.9. The van der Waals surface area contributed by atoms with Crippen LogP contribution in [-0.2, 0) is 26.2 Å². The number of unbranched alkanes of at least 4 members (excludes halogenated alkanes) is 1. The van der Waals surface area contributed by atoms with Gasteiger partial charge in [0.25, 0.3) is 10.0 Å². The summed E-state index contributed by atoms with van der Waals surface area (Å²) in [6.45, 7) is 4.72. The molecule has 0 bridgehead atoms. The second-order valence-electron chi connectivity index (χ2n) is 9.53. The van der Waals surface area contributed by atoms with Gasteiger partial charge in [-0.2, -0.15) is 0 Å². The van der Waals surface area contributed by atoms with Gasteiger partial charge in [-0.15, -0.1) is 0 Å². The van der Waals surface area contributed by atoms with E-state index in [1.165, 1.54) is 21.3 Å². The molecule has 9 heteroatoms. The van der Waals surface area contributed by atoms with E-state index in [1.54, 1.807) is 30.3 Å². The van der Waals surface area contributed by atoms with Crippen LogP contribution in [0.1, 0.15) is 51.5 Å². The Kier molecular flexibility index (Phi) is 8.66. The van der Waals surface area contributed by atoms with E-state index in [1.807, 2.05) is 32.0 Å². The van der Waals surface area contributed by atoms with Gasteiger partial charge in [0.05, 0.1) is 10.6 Å². The number of hydrogen-bond acceptors (Lipinski definition) is 4. The lowest BCUT2D eigenvalue weighted by Crippen LogP contribution is -2.49. The number of amides is 2. The van der Waals surface area contributed by atoms with E-state index in [0.717, 1.165) is 18.2 Å². The maximum absolute atomic E-state index is 13.5. The van der Waals surface area contributed by atoms with Crippen LogP contribution in [0, 0.1) is 5.82 Å². The average Bonchev–Trinajstić information content (AvgIpc) is 3.13. The van der Waals surface area contributed by atoms with E-state index in [2.05, 4.69) is 5.32 Å². The third kappa shape index (κ3) is 5.67. The summed E-state index contributed by atoms with van der Waals surface area (Å²) in [4.78, 5) is 28.3. The predicted octanol–water partition coefficient (Wildman–Crippen LogP) is 4.99. The van der Waals surface area contributed by atoms with E-state index in [4.69, 9.17) is 0 Å². The summed E-state index contributed by atoms with van der Waals surface area (Å²) in [5, 5.41) is 4.47. The molecule has 0 aromatic heterocycles. The summed E-state index contributed by atoms with van der Waals surface area (Å²) >= 11 is 0. The topological polar surface area (TPSA) is 86.8 Å². The first-order valence-corrected chi connectivity index (χ1v) is 14.6. The van der Waals surface area contributed by atoms with Crippen LogP contribution in [0.4, 0.5) is 10.1 Å². The van der Waals surface area contributed by atoms with Crippen LogP contribution in [0.5, 0.6) is 0 Å². The van der Waals surface area contributed by atoms with Crippen molar-refractivity contribution in [2.45, 2.75) is 63.4 Å². The van der Waals surface area contributed by atoms with Crippen molar-refractivity contribution in [1.29, 1.82) is 0 Å². The SMILES string of the molecule is CCCCNC(=O)[C@@H](CC)N(Cc1ccc(F)cc1)C(=O)CCCN1c2cccc3cccc(c23)S1(=O)=O. The fourth-order valence-electron chi connectivity index (χ4n) is 4.93. The van der Waals surface area contributed by atoms with Gasteiger partial charge in [-0.1, -0.05) is 56.7 Å². The lowest BCUT2D eigenvalue weighted by atomic mass is 10.1. The fraction of sp³-hybridized carbons (Fsp3) is 0.379. The minimum absolute atomic E-state index is 0.0677. The van der Waals surface area contributed by atoms with E-state index in [-0.39, 0.29) is 48.5 Å². The normalized spacial score (nSPS) is 14.4. The third-order valence-corrected chi connectivity index (χ3v) is 8.77. The molecule has 202 valence electrons. The molecule has 0 radical (unpaired) electrons. The molecule has 1 aliphatic heterocycles. The van der Waals surface area contributed by atoms with Gasteiger partial charge >= 0.3 is 0 Å². The molecule has 4 rings (SSSR count). The van der Waals surface area contributed by atoms with Gasteiger partial charge in [0.15, 0.2) is 0 Å². The first-order chi connectivity index (χ1) is 18.3. The quantitative estimate of drug-likeness (QED) is 0.329. The van der Waals surface area contributed by atoms with Crippen LogP contribution >= 0.6 is 0 Å². The number of halogens is 1. The highest BCUT2D eigenvalue weighted by Crippen LogP contribution is 2.42. The number of sulfonamides is 1. The van der Waals surface area contributed by atoms with Gasteiger partial charge in [-0.25, -0.2) is 12.8 Å². The fourth-order valence-corrected chi connectivity index (χ4v) is 6.68. The molecule has 38 heavy (non-hydrogen) atoms. The summed E-state index contributed by atoms with van der Waals surface area (Å²) in [6, 6.07) is 15.9. The number of hydrogen-bond donors (Lipinski definition) is 1. The molecular formula is C29H34FN3O4S. The maximum Gasteiger partial charge on any atom is 0.265 e. The standard InChI is InChI=1S/C29H34FN3O4S/c1-3-5-18-31-29(35)24(4-2)32(20-21-14-16-23(30)17-15-21)27(34)13-8-19-33-25-11-6-9-22-10-7-12-26(28(22)25)38(33,36)37/h6-7,9-12,14-17,24H,3-5,8,13,18-20H2,1-2H3,(H,31,35)/t24-/m1/s1. The van der Waals surface area contributed by atoms with Gasteiger partial charge in [0.1, 0.15) is 11.9 Å². The molecule has 7 nitrogen and oxygen atoms in total. The maximum atomic E-state index is 13.5. The Hall–Kier alpha value is -3.46. The van der Waals surface area contributed by atoms with Gasteiger partial charge in [0.2, 0.25) is 11.8 Å². The average molecular weight is 540 g/mol. The molecule has 3 aromatic rings. The summed E-state index contributed by atoms with van der Waals surface area (Å²) in [5.41, 5.74) is 1.33. The Bertz CT molecular complexity index is 1400. The summed E-state index contributed by atoms with van der Waals surface area (Å²) in [7, 11) is -3.71. The van der Waals surface area contributed by atoms with Gasteiger partial charge in [-0.05, 0) is 54.5 Å². The highest BCUT2D eigenvalue weighted by atomic mass is 32.2. The van der Waals surface area contributed by atoms with Crippen LogP contribution in [0.3, 0.4) is 0 Å². The molecule has 1 atom stereocenters. The van der Waals surface area contributed by atoms with E-state index in [9.17, 15) is 22.4 Å². The van der Waals surface area contributed by atoms with Crippen molar-refractivity contribution in [1.82, 2.24) is 10.2 Å². The van der Waals surface area contributed by atoms with Gasteiger partial charge in [0, 0.05) is 31.4 Å². The Balaban J connectivity index is 1.50. The third-order valence-electron chi connectivity index (χ3n) is 6.91. The lowest BCUT2D eigenvalue weighted by molar-refractivity contribution is -0.141. The van der Waals surface area contributed by atoms with Gasteiger partial charge in [-0.3, -0.25) is 13.9 Å². The molecule has 0 spiro atoms. The molecule has 1 N–H and O–H groups in total. The monoisotopic (exact) mass is 539 g/mol. The Labute approximate surface area is 223 Å². The summed E-state index contributed by atoms with van der Waals surface area (Å²) < 4.78 is 41.4. The number of carbonyl (C=O) groups excluding carboxylic acids is 2. The zero-order valence-corrected chi connectivity index (χ0v) is 22.6. The second-order valence-corrected chi connectivity index (χ2v) is 11.4. The molecule has 0 saturated carbocycles. The number of benzene rings is 3. The van der Waals surface area contributed by atoms with E-state index < -0.39 is 16.1 Å². The zero-order chi connectivity index (χ0) is 27.3. The van der Waals surface area contributed by atoms with E-state index >= 15 is 0 Å². The van der Waals surface area contributed by atoms with Crippen molar-refractivity contribution >= 4 is 38.3 Å². The molecule has 2 amide bonds. The molecule has 1 heterocycles. The van der Waals surface area contributed by atoms with Crippen LogP contribution in [0.25, 0.3) is 10.8 Å². The minimum Gasteiger partial charge on any atom is -0.354 e. The molecule has 1 aliphatic rings. The first kappa shape index (κ1) is 27.6. The number of carbonyl (C=O) groups is 2. The highest BCUT2D eigenvalue weighted by molar-refractivity contribution is 7.93. The molecular weight excluding hydrogens is 505 g/mol. The Morgan fingerprint density at radius 1 is 1.00 bits per heavy atom. The van der Waals surface area contributed by atoms with Crippen LogP contribution in [0.2, 0.25) is 0 Å². The minimum atomic E-state index is -3.71. The zero-order valence-electron chi connectivity index (χ0n) is 21.8. The largest absolute Gasteiger partial charge is 0.354 e. The van der Waals surface area contributed by atoms with Crippen LogP contribution < -0.4 is 9.62 Å². The molecule has 0 saturated heterocycles. The highest BCUT2D eigenvalue weighted by Gasteiger charge is 2.35. The lowest BCUT2D eigenvalue weighted by Gasteiger charge is -2.31. The summed E-state index contributed by atoms with van der Waals surface area (Å²) in [5.74, 6) is -0.849. The van der Waals surface area contributed by atoms with Crippen molar-refractivity contribution in [3.8, 4) is 0 Å². The molecule has 0 aliphatic carbocycles. The van der Waals surface area contributed by atoms with Crippen LogP contribution in [0.15, 0.2) is 65.6 Å². The van der Waals surface area contributed by atoms with Crippen molar-refractivity contribution in [3.05, 3.63) is 72.0 Å². The van der Waals surface area contributed by atoms with Crippen molar-refractivity contribution < 1.29 is 22.4 Å². The van der Waals surface area contributed by atoms with E-state index in [0.29, 0.717) is 29.6 Å². The van der Waals surface area contributed by atoms with Crippen molar-refractivity contribution in [3.63, 3.8) is 0 Å². The van der Waals surface area contributed by atoms with Gasteiger partial charge < -0.3 is 10.2 Å². The Morgan fingerprint density at radius 3 is 2.39 bits per heavy atom. The summed E-state index contributed by atoms with van der Waals surface area (Å²) in [6.07, 6.45) is 2.55. The first-order valence-electron chi connectivity index (χ1n) is 13.1.